The van der Waals surface area contributed by atoms with Gasteiger partial charge in [0.15, 0.2) is 0 Å². The van der Waals surface area contributed by atoms with Crippen LogP contribution in [-0.2, 0) is 11.8 Å². The van der Waals surface area contributed by atoms with Crippen molar-refractivity contribution in [3.05, 3.63) is 32.3 Å². The molecule has 0 spiro atoms. The van der Waals surface area contributed by atoms with Crippen LogP contribution in [0.3, 0.4) is 0 Å². The van der Waals surface area contributed by atoms with Crippen LogP contribution in [0, 0.1) is 12.7 Å². The van der Waals surface area contributed by atoms with Crippen LogP contribution >= 0.6 is 15.9 Å². The van der Waals surface area contributed by atoms with Gasteiger partial charge >= 0.3 is 0 Å². The van der Waals surface area contributed by atoms with Crippen molar-refractivity contribution in [3.8, 4) is 0 Å². The summed E-state index contributed by atoms with van der Waals surface area (Å²) in [7, 11) is 1.62. The standard InChI is InChI=1S/C14H15BrFN3O2/c1-8-7-9(15)12-10(11(8)16)13(20)18(2)14(17-12)19-3-5-21-6-4-19/h7H,3-6H2,1-2H3. The zero-order valence-corrected chi connectivity index (χ0v) is 13.4. The lowest BCUT2D eigenvalue weighted by atomic mass is 10.1. The predicted octanol–water partition coefficient (Wildman–Crippen LogP) is 1.98. The van der Waals surface area contributed by atoms with Gasteiger partial charge in [-0.2, -0.15) is 0 Å². The van der Waals surface area contributed by atoms with Crippen LogP contribution < -0.4 is 10.5 Å². The molecule has 2 aromatic rings. The first-order chi connectivity index (χ1) is 10.0. The fourth-order valence-electron chi connectivity index (χ4n) is 2.53. The second kappa shape index (κ2) is 5.38. The number of hydrogen-bond donors (Lipinski definition) is 0. The van der Waals surface area contributed by atoms with Crippen molar-refractivity contribution in [1.29, 1.82) is 0 Å². The van der Waals surface area contributed by atoms with Gasteiger partial charge in [0.25, 0.3) is 5.56 Å². The van der Waals surface area contributed by atoms with E-state index in [4.69, 9.17) is 4.74 Å². The van der Waals surface area contributed by atoms with Gasteiger partial charge in [-0.3, -0.25) is 9.36 Å². The molecule has 1 aromatic carbocycles. The summed E-state index contributed by atoms with van der Waals surface area (Å²) in [6.45, 7) is 4.15. The number of anilines is 1. The number of nitrogens with zero attached hydrogens (tertiary/aromatic N) is 3. The summed E-state index contributed by atoms with van der Waals surface area (Å²) in [4.78, 5) is 19.0. The van der Waals surface area contributed by atoms with Crippen LogP contribution in [0.5, 0.6) is 0 Å². The minimum atomic E-state index is -0.505. The minimum Gasteiger partial charge on any atom is -0.378 e. The van der Waals surface area contributed by atoms with Crippen molar-refractivity contribution in [2.75, 3.05) is 31.2 Å². The van der Waals surface area contributed by atoms with Crippen molar-refractivity contribution in [2.45, 2.75) is 6.92 Å². The molecule has 21 heavy (non-hydrogen) atoms. The smallest absolute Gasteiger partial charge is 0.265 e. The zero-order chi connectivity index (χ0) is 15.1. The maximum Gasteiger partial charge on any atom is 0.265 e. The van der Waals surface area contributed by atoms with Gasteiger partial charge in [0, 0.05) is 24.6 Å². The Balaban J connectivity index is 2.30. The van der Waals surface area contributed by atoms with E-state index in [2.05, 4.69) is 20.9 Å². The Morgan fingerprint density at radius 1 is 1.38 bits per heavy atom. The highest BCUT2D eigenvalue weighted by Crippen LogP contribution is 2.27. The van der Waals surface area contributed by atoms with E-state index < -0.39 is 5.82 Å². The third-order valence-electron chi connectivity index (χ3n) is 3.70. The van der Waals surface area contributed by atoms with Crippen molar-refractivity contribution in [1.82, 2.24) is 9.55 Å². The summed E-state index contributed by atoms with van der Waals surface area (Å²) >= 11 is 3.38. The molecule has 0 radical (unpaired) electrons. The molecule has 0 amide bonds. The maximum absolute atomic E-state index is 14.3. The molecule has 3 rings (SSSR count). The van der Waals surface area contributed by atoms with Gasteiger partial charge in [-0.25, -0.2) is 9.37 Å². The molecule has 1 fully saturated rings. The molecule has 0 unspecified atom stereocenters. The number of aromatic nitrogens is 2. The van der Waals surface area contributed by atoms with Crippen molar-refractivity contribution in [2.24, 2.45) is 7.05 Å². The summed E-state index contributed by atoms with van der Waals surface area (Å²) in [5, 5.41) is 0.0291. The van der Waals surface area contributed by atoms with Gasteiger partial charge in [0.2, 0.25) is 5.95 Å². The molecule has 0 atom stereocenters. The monoisotopic (exact) mass is 355 g/mol. The Kier molecular flexibility index (Phi) is 3.71. The number of halogens is 2. The van der Waals surface area contributed by atoms with Gasteiger partial charge in [-0.15, -0.1) is 0 Å². The molecule has 0 bridgehead atoms. The second-order valence-corrected chi connectivity index (χ2v) is 5.94. The SMILES string of the molecule is Cc1cc(Br)c2nc(N3CCOCC3)n(C)c(=O)c2c1F. The predicted molar refractivity (Wildman–Crippen MR) is 82.4 cm³/mol. The number of hydrogen-bond acceptors (Lipinski definition) is 4. The van der Waals surface area contributed by atoms with Crippen LogP contribution in [0.2, 0.25) is 0 Å². The lowest BCUT2D eigenvalue weighted by Gasteiger charge is -2.29. The Labute approximate surface area is 129 Å². The highest BCUT2D eigenvalue weighted by Gasteiger charge is 2.21. The molecule has 0 N–H and O–H groups in total. The molecular formula is C14H15BrFN3O2. The molecule has 0 aliphatic carbocycles. The van der Waals surface area contributed by atoms with Gasteiger partial charge in [-0.05, 0) is 34.5 Å². The number of aryl methyl sites for hydroxylation is 1. The lowest BCUT2D eigenvalue weighted by Crippen LogP contribution is -2.40. The third kappa shape index (κ3) is 2.34. The largest absolute Gasteiger partial charge is 0.378 e. The van der Waals surface area contributed by atoms with Crippen LogP contribution in [0.15, 0.2) is 15.3 Å². The van der Waals surface area contributed by atoms with Gasteiger partial charge in [0.05, 0.1) is 18.7 Å². The normalized spacial score (nSPS) is 15.7. The first kappa shape index (κ1) is 14.5. The van der Waals surface area contributed by atoms with E-state index in [-0.39, 0.29) is 10.9 Å². The van der Waals surface area contributed by atoms with E-state index in [0.717, 1.165) is 0 Å². The van der Waals surface area contributed by atoms with E-state index >= 15 is 0 Å². The lowest BCUT2D eigenvalue weighted by molar-refractivity contribution is 0.121. The van der Waals surface area contributed by atoms with Gasteiger partial charge in [0.1, 0.15) is 11.2 Å². The Morgan fingerprint density at radius 2 is 2.05 bits per heavy atom. The Bertz CT molecular complexity index is 769. The van der Waals surface area contributed by atoms with E-state index in [0.29, 0.717) is 47.8 Å². The van der Waals surface area contributed by atoms with Crippen LogP contribution in [0.4, 0.5) is 10.3 Å². The first-order valence-corrected chi connectivity index (χ1v) is 7.48. The molecule has 0 saturated carbocycles. The minimum absolute atomic E-state index is 0.0291. The van der Waals surface area contributed by atoms with Crippen LogP contribution in [-0.4, -0.2) is 35.9 Å². The highest BCUT2D eigenvalue weighted by molar-refractivity contribution is 9.10. The average molecular weight is 356 g/mol. The second-order valence-electron chi connectivity index (χ2n) is 5.09. The molecule has 7 heteroatoms. The summed E-state index contributed by atoms with van der Waals surface area (Å²) in [5.74, 6) is 0.0366. The number of ether oxygens (including phenoxy) is 1. The highest BCUT2D eigenvalue weighted by atomic mass is 79.9. The van der Waals surface area contributed by atoms with E-state index in [9.17, 15) is 9.18 Å². The molecule has 1 aliphatic heterocycles. The zero-order valence-electron chi connectivity index (χ0n) is 11.8. The number of benzene rings is 1. The van der Waals surface area contributed by atoms with Crippen molar-refractivity contribution >= 4 is 32.8 Å². The summed E-state index contributed by atoms with van der Waals surface area (Å²) < 4.78 is 21.6. The average Bonchev–Trinajstić information content (AvgIpc) is 2.48. The third-order valence-corrected chi connectivity index (χ3v) is 4.30. The molecule has 112 valence electrons. The van der Waals surface area contributed by atoms with E-state index in [1.807, 2.05) is 4.90 Å². The fraction of sp³-hybridized carbons (Fsp3) is 0.429. The molecule has 1 saturated heterocycles. The Hall–Kier alpha value is -1.47. The summed E-state index contributed by atoms with van der Waals surface area (Å²) in [5.41, 5.74) is 0.415. The molecule has 1 aliphatic rings. The quantitative estimate of drug-likeness (QED) is 0.784. The van der Waals surface area contributed by atoms with Gasteiger partial charge < -0.3 is 9.64 Å². The molecule has 2 heterocycles. The molecule has 1 aromatic heterocycles. The van der Waals surface area contributed by atoms with Crippen molar-refractivity contribution < 1.29 is 9.13 Å². The van der Waals surface area contributed by atoms with E-state index in [1.165, 1.54) is 4.57 Å². The summed E-state index contributed by atoms with van der Waals surface area (Å²) in [6, 6.07) is 1.65. The van der Waals surface area contributed by atoms with Gasteiger partial charge in [-0.1, -0.05) is 0 Å². The number of rotatable bonds is 1. The van der Waals surface area contributed by atoms with Crippen LogP contribution in [0.25, 0.3) is 10.9 Å². The molecular weight excluding hydrogens is 341 g/mol. The van der Waals surface area contributed by atoms with E-state index in [1.54, 1.807) is 20.0 Å². The van der Waals surface area contributed by atoms with Crippen LogP contribution in [0.1, 0.15) is 5.56 Å². The molecule has 5 nitrogen and oxygen atoms in total. The fourth-order valence-corrected chi connectivity index (χ4v) is 3.16. The van der Waals surface area contributed by atoms with Crippen molar-refractivity contribution in [3.63, 3.8) is 0 Å². The Morgan fingerprint density at radius 3 is 2.71 bits per heavy atom. The number of morpholine rings is 1. The number of fused-ring (bicyclic) bond motifs is 1. The summed E-state index contributed by atoms with van der Waals surface area (Å²) in [6.07, 6.45) is 0. The topological polar surface area (TPSA) is 47.4 Å². The first-order valence-electron chi connectivity index (χ1n) is 6.68. The maximum atomic E-state index is 14.3.